The molecule has 2 atom stereocenters. The Bertz CT molecular complexity index is 1250. The Morgan fingerprint density at radius 2 is 1.92 bits per heavy atom. The first kappa shape index (κ1) is 26.3. The first-order valence-electron chi connectivity index (χ1n) is 12.2. The molecule has 2 unspecified atom stereocenters. The molecule has 9 heteroatoms. The van der Waals surface area contributed by atoms with Crippen LogP contribution in [0.25, 0.3) is 10.8 Å². The SMILES string of the molecule is COc1ccc(CNc2nnc(N3CC4CCCC(C3)C4CCO)c3ccc(C#N)cc23)cc1Cl.Cl. The van der Waals surface area contributed by atoms with Crippen LogP contribution in [0.5, 0.6) is 5.75 Å². The van der Waals surface area contributed by atoms with Crippen molar-refractivity contribution in [3.05, 3.63) is 52.5 Å². The summed E-state index contributed by atoms with van der Waals surface area (Å²) in [6.45, 7) is 2.64. The maximum absolute atomic E-state index is 9.57. The molecule has 7 nitrogen and oxygen atoms in total. The molecule has 3 aromatic rings. The predicted molar refractivity (Wildman–Crippen MR) is 145 cm³/mol. The molecule has 2 aromatic carbocycles. The summed E-state index contributed by atoms with van der Waals surface area (Å²) in [5.74, 6) is 3.89. The quantitative estimate of drug-likeness (QED) is 0.422. The van der Waals surface area contributed by atoms with Gasteiger partial charge < -0.3 is 20.1 Å². The fourth-order valence-electron chi connectivity index (χ4n) is 5.92. The topological polar surface area (TPSA) is 94.3 Å². The van der Waals surface area contributed by atoms with Crippen molar-refractivity contribution < 1.29 is 9.84 Å². The van der Waals surface area contributed by atoms with Gasteiger partial charge in [-0.15, -0.1) is 22.6 Å². The summed E-state index contributed by atoms with van der Waals surface area (Å²) < 4.78 is 5.24. The van der Waals surface area contributed by atoms with Crippen LogP contribution in [0.4, 0.5) is 11.6 Å². The number of hydrogen-bond acceptors (Lipinski definition) is 7. The van der Waals surface area contributed by atoms with Crippen LogP contribution >= 0.6 is 24.0 Å². The standard InChI is InChI=1S/C27H30ClN5O2.ClH/c1-35-25-8-6-18(12-24(25)28)14-30-26-23-11-17(13-29)5-7-22(23)27(32-31-26)33-15-19-3-2-4-20(16-33)21(19)9-10-34;/h5-8,11-12,19-21,34H,2-4,9-10,14-16H2,1H3,(H,30,31);1H. The lowest BCUT2D eigenvalue weighted by molar-refractivity contribution is 0.0962. The van der Waals surface area contributed by atoms with Gasteiger partial charge in [0.05, 0.1) is 23.8 Å². The van der Waals surface area contributed by atoms with Crippen LogP contribution in [-0.2, 0) is 6.54 Å². The van der Waals surface area contributed by atoms with Crippen molar-refractivity contribution in [2.24, 2.45) is 17.8 Å². The average molecular weight is 528 g/mol. The van der Waals surface area contributed by atoms with E-state index in [0.717, 1.165) is 41.7 Å². The lowest BCUT2D eigenvalue weighted by Crippen LogP contribution is -2.49. The number of aliphatic hydroxyl groups is 1. The average Bonchev–Trinajstić information content (AvgIpc) is 2.87. The number of halogens is 2. The predicted octanol–water partition coefficient (Wildman–Crippen LogP) is 5.43. The monoisotopic (exact) mass is 527 g/mol. The van der Waals surface area contributed by atoms with Crippen molar-refractivity contribution >= 4 is 46.4 Å². The van der Waals surface area contributed by atoms with Crippen LogP contribution < -0.4 is 15.0 Å². The smallest absolute Gasteiger partial charge is 0.159 e. The lowest BCUT2D eigenvalue weighted by atomic mass is 9.68. The van der Waals surface area contributed by atoms with Crippen molar-refractivity contribution in [2.75, 3.05) is 37.0 Å². The molecular formula is C27H31Cl2N5O2. The fourth-order valence-corrected chi connectivity index (χ4v) is 6.20. The number of methoxy groups -OCH3 is 1. The molecule has 2 N–H and O–H groups in total. The highest BCUT2D eigenvalue weighted by Gasteiger charge is 2.39. The minimum absolute atomic E-state index is 0. The summed E-state index contributed by atoms with van der Waals surface area (Å²) in [5.41, 5.74) is 1.58. The number of nitriles is 1. The van der Waals surface area contributed by atoms with Gasteiger partial charge in [-0.2, -0.15) is 5.26 Å². The van der Waals surface area contributed by atoms with Crippen LogP contribution in [0.3, 0.4) is 0 Å². The Labute approximate surface area is 222 Å². The van der Waals surface area contributed by atoms with E-state index >= 15 is 0 Å². The second-order valence-electron chi connectivity index (χ2n) is 9.60. The summed E-state index contributed by atoms with van der Waals surface area (Å²) >= 11 is 6.29. The molecular weight excluding hydrogens is 497 g/mol. The number of fused-ring (bicyclic) bond motifs is 3. The molecule has 0 spiro atoms. The van der Waals surface area contributed by atoms with Gasteiger partial charge in [-0.05, 0) is 72.9 Å². The largest absolute Gasteiger partial charge is 0.495 e. The lowest BCUT2D eigenvalue weighted by Gasteiger charge is -2.48. The number of nitrogens with zero attached hydrogens (tertiary/aromatic N) is 4. The van der Waals surface area contributed by atoms with E-state index in [1.807, 2.05) is 36.4 Å². The number of benzene rings is 2. The molecule has 2 fully saturated rings. The zero-order valence-corrected chi connectivity index (χ0v) is 21.9. The van der Waals surface area contributed by atoms with E-state index < -0.39 is 0 Å². The van der Waals surface area contributed by atoms with Gasteiger partial charge in [-0.1, -0.05) is 24.1 Å². The highest BCUT2D eigenvalue weighted by Crippen LogP contribution is 2.43. The van der Waals surface area contributed by atoms with Crippen molar-refractivity contribution in [1.29, 1.82) is 5.26 Å². The van der Waals surface area contributed by atoms with Gasteiger partial charge in [-0.25, -0.2) is 0 Å². The second kappa shape index (κ2) is 11.5. The van der Waals surface area contributed by atoms with Crippen LogP contribution in [0, 0.1) is 29.1 Å². The molecule has 36 heavy (non-hydrogen) atoms. The first-order valence-corrected chi connectivity index (χ1v) is 12.6. The van der Waals surface area contributed by atoms with Crippen molar-refractivity contribution in [2.45, 2.75) is 32.2 Å². The zero-order valence-electron chi connectivity index (χ0n) is 20.3. The number of hydrogen-bond donors (Lipinski definition) is 2. The molecule has 0 radical (unpaired) electrons. The maximum Gasteiger partial charge on any atom is 0.159 e. The van der Waals surface area contributed by atoms with E-state index in [1.165, 1.54) is 19.3 Å². The van der Waals surface area contributed by atoms with E-state index in [1.54, 1.807) is 7.11 Å². The third-order valence-electron chi connectivity index (χ3n) is 7.60. The van der Waals surface area contributed by atoms with Gasteiger partial charge in [0.25, 0.3) is 0 Å². The zero-order chi connectivity index (χ0) is 24.4. The molecule has 5 rings (SSSR count). The highest BCUT2D eigenvalue weighted by molar-refractivity contribution is 6.32. The van der Waals surface area contributed by atoms with E-state index in [2.05, 4.69) is 26.5 Å². The molecule has 0 amide bonds. The van der Waals surface area contributed by atoms with Crippen LogP contribution in [0.2, 0.25) is 5.02 Å². The fraction of sp³-hybridized carbons (Fsp3) is 0.444. The molecule has 1 aromatic heterocycles. The Morgan fingerprint density at radius 3 is 2.58 bits per heavy atom. The van der Waals surface area contributed by atoms with Crippen molar-refractivity contribution in [1.82, 2.24) is 10.2 Å². The Hall–Kier alpha value is -2.79. The third kappa shape index (κ3) is 5.17. The molecule has 2 bridgehead atoms. The summed E-state index contributed by atoms with van der Waals surface area (Å²) in [6, 6.07) is 13.6. The number of aromatic nitrogens is 2. The number of ether oxygens (including phenoxy) is 1. The Balaban J connectivity index is 0.00000304. The molecule has 2 aliphatic rings. The number of rotatable bonds is 7. The summed E-state index contributed by atoms with van der Waals surface area (Å²) in [7, 11) is 1.59. The van der Waals surface area contributed by atoms with Crippen LogP contribution in [-0.4, -0.2) is 42.1 Å². The molecule has 190 valence electrons. The van der Waals surface area contributed by atoms with Gasteiger partial charge in [0.2, 0.25) is 0 Å². The van der Waals surface area contributed by atoms with Gasteiger partial charge in [-0.3, -0.25) is 0 Å². The molecule has 1 saturated carbocycles. The second-order valence-corrected chi connectivity index (χ2v) is 10.0. The van der Waals surface area contributed by atoms with E-state index in [-0.39, 0.29) is 19.0 Å². The normalized spacial score (nSPS) is 20.9. The van der Waals surface area contributed by atoms with E-state index in [0.29, 0.717) is 46.5 Å². The number of nitrogens with one attached hydrogen (secondary N) is 1. The molecule has 1 aliphatic heterocycles. The minimum Gasteiger partial charge on any atom is -0.495 e. The number of anilines is 2. The number of aliphatic hydroxyl groups excluding tert-OH is 1. The van der Waals surface area contributed by atoms with Gasteiger partial charge in [0.15, 0.2) is 11.6 Å². The summed E-state index contributed by atoms with van der Waals surface area (Å²) in [5, 5.41) is 34.2. The summed E-state index contributed by atoms with van der Waals surface area (Å²) in [4.78, 5) is 2.37. The highest BCUT2D eigenvalue weighted by atomic mass is 35.5. The molecule has 1 aliphatic carbocycles. The molecule has 1 saturated heterocycles. The van der Waals surface area contributed by atoms with E-state index in [4.69, 9.17) is 16.3 Å². The van der Waals surface area contributed by atoms with Gasteiger partial charge in [0, 0.05) is 37.0 Å². The van der Waals surface area contributed by atoms with Gasteiger partial charge in [0.1, 0.15) is 5.75 Å². The first-order chi connectivity index (χ1) is 17.1. The Morgan fingerprint density at radius 1 is 1.14 bits per heavy atom. The van der Waals surface area contributed by atoms with Gasteiger partial charge >= 0.3 is 0 Å². The van der Waals surface area contributed by atoms with Crippen LogP contribution in [0.1, 0.15) is 36.8 Å². The van der Waals surface area contributed by atoms with Crippen LogP contribution in [0.15, 0.2) is 36.4 Å². The molecule has 2 heterocycles. The number of piperidine rings is 1. The third-order valence-corrected chi connectivity index (χ3v) is 7.89. The maximum atomic E-state index is 9.57. The van der Waals surface area contributed by atoms with Crippen molar-refractivity contribution in [3.8, 4) is 11.8 Å². The Kier molecular flexibility index (Phi) is 8.40. The minimum atomic E-state index is 0. The van der Waals surface area contributed by atoms with E-state index in [9.17, 15) is 10.4 Å². The summed E-state index contributed by atoms with van der Waals surface area (Å²) in [6.07, 6.45) is 4.55. The van der Waals surface area contributed by atoms with Crippen molar-refractivity contribution in [3.63, 3.8) is 0 Å².